The monoisotopic (exact) mass is 297 g/mol. The van der Waals surface area contributed by atoms with E-state index in [9.17, 15) is 4.79 Å². The van der Waals surface area contributed by atoms with Crippen molar-refractivity contribution in [2.75, 3.05) is 19.6 Å². The average Bonchev–Trinajstić information content (AvgIpc) is 3.37. The number of fused-ring (bicyclic) bond motifs is 1. The third-order valence-electron chi connectivity index (χ3n) is 6.20. The van der Waals surface area contributed by atoms with Crippen molar-refractivity contribution in [3.05, 3.63) is 34.9 Å². The summed E-state index contributed by atoms with van der Waals surface area (Å²) in [6.45, 7) is 5.72. The number of benzene rings is 1. The van der Waals surface area contributed by atoms with E-state index in [1.807, 2.05) is 0 Å². The maximum absolute atomic E-state index is 13.1. The summed E-state index contributed by atoms with van der Waals surface area (Å²) in [7, 11) is 0. The SMILES string of the molecule is CCc1ccc2c(c1)CCC1(CCN(CC3CC3)CC1)C2=O. The van der Waals surface area contributed by atoms with E-state index in [1.54, 1.807) is 0 Å². The fraction of sp³-hybridized carbons (Fsp3) is 0.650. The Bertz CT molecular complexity index is 579. The van der Waals surface area contributed by atoms with Crippen molar-refractivity contribution < 1.29 is 4.79 Å². The van der Waals surface area contributed by atoms with Gasteiger partial charge in [-0.1, -0.05) is 25.1 Å². The van der Waals surface area contributed by atoms with Gasteiger partial charge in [-0.3, -0.25) is 4.79 Å². The van der Waals surface area contributed by atoms with Gasteiger partial charge in [-0.2, -0.15) is 0 Å². The zero-order valence-electron chi connectivity index (χ0n) is 13.7. The number of hydrogen-bond acceptors (Lipinski definition) is 2. The van der Waals surface area contributed by atoms with E-state index in [-0.39, 0.29) is 5.41 Å². The number of rotatable bonds is 3. The van der Waals surface area contributed by atoms with Crippen LogP contribution >= 0.6 is 0 Å². The van der Waals surface area contributed by atoms with Gasteiger partial charge in [0.2, 0.25) is 0 Å². The number of hydrogen-bond donors (Lipinski definition) is 0. The van der Waals surface area contributed by atoms with Gasteiger partial charge < -0.3 is 4.90 Å². The summed E-state index contributed by atoms with van der Waals surface area (Å²) in [5.41, 5.74) is 3.65. The van der Waals surface area contributed by atoms with E-state index in [0.717, 1.165) is 56.7 Å². The molecule has 22 heavy (non-hydrogen) atoms. The van der Waals surface area contributed by atoms with Crippen LogP contribution in [0.5, 0.6) is 0 Å². The van der Waals surface area contributed by atoms with E-state index in [0.29, 0.717) is 5.78 Å². The Morgan fingerprint density at radius 1 is 1.18 bits per heavy atom. The lowest BCUT2D eigenvalue weighted by molar-refractivity contribution is 0.0534. The van der Waals surface area contributed by atoms with Gasteiger partial charge in [-0.25, -0.2) is 0 Å². The topological polar surface area (TPSA) is 20.3 Å². The van der Waals surface area contributed by atoms with Gasteiger partial charge in [0.25, 0.3) is 0 Å². The summed E-state index contributed by atoms with van der Waals surface area (Å²) in [6.07, 6.45) is 8.23. The van der Waals surface area contributed by atoms with E-state index in [2.05, 4.69) is 30.0 Å². The molecule has 1 saturated carbocycles. The van der Waals surface area contributed by atoms with Gasteiger partial charge in [0.05, 0.1) is 0 Å². The molecule has 1 saturated heterocycles. The Morgan fingerprint density at radius 2 is 1.95 bits per heavy atom. The first-order chi connectivity index (χ1) is 10.7. The average molecular weight is 297 g/mol. The summed E-state index contributed by atoms with van der Waals surface area (Å²) < 4.78 is 0. The standard InChI is InChI=1S/C20H27NO/c1-2-15-5-6-18-17(13-15)7-8-20(19(18)22)9-11-21(12-10-20)14-16-3-4-16/h5-6,13,16H,2-4,7-12,14H2,1H3. The molecular weight excluding hydrogens is 270 g/mol. The summed E-state index contributed by atoms with van der Waals surface area (Å²) in [6, 6.07) is 6.52. The molecule has 0 radical (unpaired) electrons. The minimum Gasteiger partial charge on any atom is -0.303 e. The van der Waals surface area contributed by atoms with Crippen LogP contribution in [0.25, 0.3) is 0 Å². The molecule has 4 rings (SSSR count). The van der Waals surface area contributed by atoms with Crippen molar-refractivity contribution in [2.45, 2.75) is 51.9 Å². The Kier molecular flexibility index (Phi) is 3.60. The van der Waals surface area contributed by atoms with Crippen LogP contribution in [0.4, 0.5) is 0 Å². The van der Waals surface area contributed by atoms with Crippen LogP contribution in [0.3, 0.4) is 0 Å². The van der Waals surface area contributed by atoms with E-state index in [1.165, 1.54) is 30.5 Å². The zero-order valence-corrected chi connectivity index (χ0v) is 13.7. The van der Waals surface area contributed by atoms with Crippen molar-refractivity contribution in [3.63, 3.8) is 0 Å². The minimum atomic E-state index is -0.0409. The Balaban J connectivity index is 1.50. The number of piperidine rings is 1. The largest absolute Gasteiger partial charge is 0.303 e. The Labute approximate surface area is 133 Å². The number of carbonyl (C=O) groups is 1. The summed E-state index contributed by atoms with van der Waals surface area (Å²) in [4.78, 5) is 15.7. The molecule has 3 aliphatic rings. The number of ketones is 1. The highest BCUT2D eigenvalue weighted by Gasteiger charge is 2.44. The zero-order chi connectivity index (χ0) is 15.2. The van der Waals surface area contributed by atoms with E-state index < -0.39 is 0 Å². The maximum atomic E-state index is 13.1. The minimum absolute atomic E-state index is 0.0409. The van der Waals surface area contributed by atoms with Crippen molar-refractivity contribution in [2.24, 2.45) is 11.3 Å². The van der Waals surface area contributed by atoms with Crippen LogP contribution in [-0.2, 0) is 12.8 Å². The molecule has 0 aromatic heterocycles. The lowest BCUT2D eigenvalue weighted by Crippen LogP contribution is -2.46. The van der Waals surface area contributed by atoms with Crippen LogP contribution < -0.4 is 0 Å². The highest BCUT2D eigenvalue weighted by molar-refractivity contribution is 6.03. The van der Waals surface area contributed by atoms with Gasteiger partial charge in [-0.15, -0.1) is 0 Å². The molecule has 1 aromatic rings. The lowest BCUT2D eigenvalue weighted by Gasteiger charge is -2.43. The van der Waals surface area contributed by atoms with E-state index in [4.69, 9.17) is 0 Å². The first-order valence-electron chi connectivity index (χ1n) is 9.09. The molecule has 1 aromatic carbocycles. The molecule has 118 valence electrons. The molecule has 1 heterocycles. The normalized spacial score (nSPS) is 24.5. The molecule has 2 heteroatoms. The first-order valence-corrected chi connectivity index (χ1v) is 9.09. The third kappa shape index (κ3) is 2.52. The smallest absolute Gasteiger partial charge is 0.169 e. The molecule has 0 unspecified atom stereocenters. The second kappa shape index (κ2) is 5.49. The van der Waals surface area contributed by atoms with Gasteiger partial charge in [0.1, 0.15) is 0 Å². The highest BCUT2D eigenvalue weighted by atomic mass is 16.1. The molecule has 1 spiro atoms. The predicted molar refractivity (Wildman–Crippen MR) is 89.3 cm³/mol. The maximum Gasteiger partial charge on any atom is 0.169 e. The number of nitrogens with zero attached hydrogens (tertiary/aromatic N) is 1. The van der Waals surface area contributed by atoms with Gasteiger partial charge in [-0.05, 0) is 75.1 Å². The lowest BCUT2D eigenvalue weighted by atomic mass is 9.65. The molecule has 0 amide bonds. The quantitative estimate of drug-likeness (QED) is 0.844. The Morgan fingerprint density at radius 3 is 2.64 bits per heavy atom. The number of aryl methyl sites for hydroxylation is 2. The van der Waals surface area contributed by atoms with Crippen molar-refractivity contribution in [1.29, 1.82) is 0 Å². The molecule has 2 nitrogen and oxygen atoms in total. The van der Waals surface area contributed by atoms with E-state index >= 15 is 0 Å². The highest BCUT2D eigenvalue weighted by Crippen LogP contribution is 2.44. The fourth-order valence-electron chi connectivity index (χ4n) is 4.37. The molecule has 0 N–H and O–H groups in total. The molecule has 0 bridgehead atoms. The second-order valence-corrected chi connectivity index (χ2v) is 7.70. The molecule has 2 fully saturated rings. The van der Waals surface area contributed by atoms with Crippen molar-refractivity contribution in [3.8, 4) is 0 Å². The number of Topliss-reactive ketones (excluding diaryl/α,β-unsaturated/α-hetero) is 1. The predicted octanol–water partition coefficient (Wildman–Crippen LogP) is 3.87. The molecule has 2 aliphatic carbocycles. The summed E-state index contributed by atoms with van der Waals surface area (Å²) in [5, 5.41) is 0. The number of carbonyl (C=O) groups excluding carboxylic acids is 1. The first kappa shape index (κ1) is 14.4. The van der Waals surface area contributed by atoms with Crippen LogP contribution in [-0.4, -0.2) is 30.3 Å². The molecular formula is C20H27NO. The van der Waals surface area contributed by atoms with Gasteiger partial charge >= 0.3 is 0 Å². The van der Waals surface area contributed by atoms with Gasteiger partial charge in [0, 0.05) is 17.5 Å². The summed E-state index contributed by atoms with van der Waals surface area (Å²) in [5.74, 6) is 1.41. The molecule has 1 aliphatic heterocycles. The molecule has 0 atom stereocenters. The van der Waals surface area contributed by atoms with Crippen LogP contribution in [0.15, 0.2) is 18.2 Å². The second-order valence-electron chi connectivity index (χ2n) is 7.70. The van der Waals surface area contributed by atoms with Gasteiger partial charge in [0.15, 0.2) is 5.78 Å². The Hall–Kier alpha value is -1.15. The fourth-order valence-corrected chi connectivity index (χ4v) is 4.37. The van der Waals surface area contributed by atoms with Crippen molar-refractivity contribution in [1.82, 2.24) is 4.90 Å². The van der Waals surface area contributed by atoms with Crippen LogP contribution in [0, 0.1) is 11.3 Å². The summed E-state index contributed by atoms with van der Waals surface area (Å²) >= 11 is 0. The van der Waals surface area contributed by atoms with Crippen LogP contribution in [0.1, 0.15) is 60.5 Å². The van der Waals surface area contributed by atoms with Crippen molar-refractivity contribution >= 4 is 5.78 Å². The van der Waals surface area contributed by atoms with Crippen LogP contribution in [0.2, 0.25) is 0 Å². The number of likely N-dealkylation sites (tertiary alicyclic amines) is 1. The third-order valence-corrected chi connectivity index (χ3v) is 6.20.